The zero-order valence-electron chi connectivity index (χ0n) is 15.6. The maximum atomic E-state index is 10.8. The van der Waals surface area contributed by atoms with Gasteiger partial charge in [0, 0.05) is 24.0 Å². The number of rotatable bonds is 4. The van der Waals surface area contributed by atoms with Gasteiger partial charge in [0.1, 0.15) is 5.75 Å². The molecule has 4 rings (SSSR count). The van der Waals surface area contributed by atoms with E-state index in [1.807, 2.05) is 23.0 Å². The van der Waals surface area contributed by atoms with Crippen LogP contribution < -0.4 is 4.74 Å². The summed E-state index contributed by atoms with van der Waals surface area (Å²) in [6, 6.07) is 3.93. The van der Waals surface area contributed by atoms with Crippen LogP contribution in [0.1, 0.15) is 64.2 Å². The normalized spacial score (nSPS) is 24.7. The van der Waals surface area contributed by atoms with Gasteiger partial charge in [0.15, 0.2) is 12.5 Å². The molecule has 2 aromatic rings. The molecular formula is C20H28N2O4. The first-order chi connectivity index (χ1) is 12.5. The van der Waals surface area contributed by atoms with Crippen molar-refractivity contribution in [2.24, 2.45) is 0 Å². The van der Waals surface area contributed by atoms with Crippen LogP contribution in [0.5, 0.6) is 5.75 Å². The van der Waals surface area contributed by atoms with E-state index >= 15 is 0 Å². The van der Waals surface area contributed by atoms with E-state index in [-0.39, 0.29) is 12.5 Å². The topological polar surface area (TPSA) is 65.7 Å². The van der Waals surface area contributed by atoms with Crippen molar-refractivity contribution in [3.63, 3.8) is 0 Å². The molecule has 6 heteroatoms. The largest absolute Gasteiger partial charge is 0.465 e. The fourth-order valence-corrected chi connectivity index (χ4v) is 3.92. The van der Waals surface area contributed by atoms with Gasteiger partial charge in [-0.3, -0.25) is 0 Å². The highest BCUT2D eigenvalue weighted by molar-refractivity contribution is 5.85. The van der Waals surface area contributed by atoms with Crippen LogP contribution in [0.2, 0.25) is 0 Å². The third kappa shape index (κ3) is 3.46. The Morgan fingerprint density at radius 1 is 1.12 bits per heavy atom. The molecule has 6 nitrogen and oxygen atoms in total. The lowest BCUT2D eigenvalue weighted by molar-refractivity contribution is -0.107. The minimum atomic E-state index is -1.05. The van der Waals surface area contributed by atoms with Crippen LogP contribution in [0.4, 0.5) is 0 Å². The van der Waals surface area contributed by atoms with Gasteiger partial charge in [-0.25, -0.2) is 4.68 Å². The Morgan fingerprint density at radius 3 is 2.54 bits per heavy atom. The first kappa shape index (κ1) is 17.8. The molecule has 0 radical (unpaired) electrons. The maximum absolute atomic E-state index is 10.8. The highest BCUT2D eigenvalue weighted by atomic mass is 16.7. The Morgan fingerprint density at radius 2 is 1.88 bits per heavy atom. The molecule has 0 bridgehead atoms. The van der Waals surface area contributed by atoms with Crippen molar-refractivity contribution < 1.29 is 19.3 Å². The van der Waals surface area contributed by atoms with E-state index in [9.17, 15) is 5.11 Å². The summed E-state index contributed by atoms with van der Waals surface area (Å²) in [4.78, 5) is 0. The molecule has 26 heavy (non-hydrogen) atoms. The number of nitrogens with zero attached hydrogens (tertiary/aromatic N) is 2. The van der Waals surface area contributed by atoms with E-state index < -0.39 is 5.60 Å². The molecule has 0 amide bonds. The molecule has 2 fully saturated rings. The van der Waals surface area contributed by atoms with E-state index in [2.05, 4.69) is 5.10 Å². The van der Waals surface area contributed by atoms with Gasteiger partial charge in [0.25, 0.3) is 0 Å². The lowest BCUT2D eigenvalue weighted by Crippen LogP contribution is -2.27. The monoisotopic (exact) mass is 360 g/mol. The Labute approximate surface area is 154 Å². The predicted octanol–water partition coefficient (Wildman–Crippen LogP) is 3.87. The van der Waals surface area contributed by atoms with E-state index in [1.54, 1.807) is 13.8 Å². The molecule has 0 aliphatic carbocycles. The summed E-state index contributed by atoms with van der Waals surface area (Å²) in [6.07, 6.45) is 7.78. The van der Waals surface area contributed by atoms with Crippen molar-refractivity contribution in [2.45, 2.75) is 70.5 Å². The molecule has 2 atom stereocenters. The Balaban J connectivity index is 1.73. The average Bonchev–Trinajstić information content (AvgIpc) is 3.06. The summed E-state index contributed by atoms with van der Waals surface area (Å²) < 4.78 is 19.7. The fourth-order valence-electron chi connectivity index (χ4n) is 3.92. The minimum Gasteiger partial charge on any atom is -0.465 e. The van der Waals surface area contributed by atoms with Gasteiger partial charge in [-0.05, 0) is 58.1 Å². The molecule has 2 saturated heterocycles. The summed E-state index contributed by atoms with van der Waals surface area (Å²) in [7, 11) is 0. The molecule has 3 heterocycles. The third-order valence-corrected chi connectivity index (χ3v) is 5.18. The summed E-state index contributed by atoms with van der Waals surface area (Å²) in [5, 5.41) is 16.3. The number of benzene rings is 1. The predicted molar refractivity (Wildman–Crippen MR) is 98.0 cm³/mol. The van der Waals surface area contributed by atoms with E-state index in [1.165, 1.54) is 0 Å². The quantitative estimate of drug-likeness (QED) is 0.897. The Bertz CT molecular complexity index is 753. The first-order valence-corrected chi connectivity index (χ1v) is 9.67. The smallest absolute Gasteiger partial charge is 0.199 e. The van der Waals surface area contributed by atoms with Crippen LogP contribution in [-0.2, 0) is 15.1 Å². The number of fused-ring (bicyclic) bond motifs is 1. The first-order valence-electron chi connectivity index (χ1n) is 9.67. The lowest BCUT2D eigenvalue weighted by Gasteiger charge is -2.28. The molecular weight excluding hydrogens is 332 g/mol. The van der Waals surface area contributed by atoms with Gasteiger partial charge in [0.2, 0.25) is 0 Å². The van der Waals surface area contributed by atoms with Crippen LogP contribution in [0, 0.1) is 0 Å². The Hall–Kier alpha value is -1.63. The van der Waals surface area contributed by atoms with Gasteiger partial charge < -0.3 is 19.3 Å². The van der Waals surface area contributed by atoms with Crippen LogP contribution in [0.15, 0.2) is 18.3 Å². The second-order valence-electron chi connectivity index (χ2n) is 7.75. The van der Waals surface area contributed by atoms with Crippen LogP contribution in [0.3, 0.4) is 0 Å². The molecule has 1 N–H and O–H groups in total. The van der Waals surface area contributed by atoms with Gasteiger partial charge in [-0.2, -0.15) is 5.10 Å². The SMILES string of the molecule is CC(C)(O)c1c(OC2CCCCO2)ccc2c1cnn2C1CCCCO1. The summed E-state index contributed by atoms with van der Waals surface area (Å²) in [6.45, 7) is 5.06. The van der Waals surface area contributed by atoms with E-state index in [4.69, 9.17) is 14.2 Å². The molecule has 2 aliphatic heterocycles. The number of hydrogen-bond donors (Lipinski definition) is 1. The van der Waals surface area contributed by atoms with Crippen LogP contribution in [0.25, 0.3) is 10.9 Å². The molecule has 2 unspecified atom stereocenters. The number of aliphatic hydroxyl groups is 1. The van der Waals surface area contributed by atoms with Crippen LogP contribution >= 0.6 is 0 Å². The zero-order valence-corrected chi connectivity index (χ0v) is 15.6. The van der Waals surface area contributed by atoms with Crippen molar-refractivity contribution in [3.05, 3.63) is 23.9 Å². The highest BCUT2D eigenvalue weighted by Crippen LogP contribution is 2.39. The number of ether oxygens (including phenoxy) is 3. The number of hydrogen-bond acceptors (Lipinski definition) is 5. The molecule has 1 aromatic carbocycles. The lowest BCUT2D eigenvalue weighted by atomic mass is 9.94. The van der Waals surface area contributed by atoms with Gasteiger partial charge in [0.05, 0.1) is 23.9 Å². The van der Waals surface area contributed by atoms with E-state index in [0.29, 0.717) is 5.75 Å². The molecule has 1 aromatic heterocycles. The van der Waals surface area contributed by atoms with E-state index in [0.717, 1.165) is 68.2 Å². The number of aromatic nitrogens is 2. The highest BCUT2D eigenvalue weighted by Gasteiger charge is 2.29. The standard InChI is InChI=1S/C20H28N2O4/c1-20(2,23)19-14-13-21-22(17-7-3-5-11-24-17)15(14)9-10-16(19)26-18-8-4-6-12-25-18/h9-10,13,17-18,23H,3-8,11-12H2,1-2H3. The summed E-state index contributed by atoms with van der Waals surface area (Å²) >= 11 is 0. The summed E-state index contributed by atoms with van der Waals surface area (Å²) in [5.74, 6) is 0.668. The minimum absolute atomic E-state index is 0.0376. The Kier molecular flexibility index (Phi) is 4.90. The third-order valence-electron chi connectivity index (χ3n) is 5.18. The zero-order chi connectivity index (χ0) is 18.1. The maximum Gasteiger partial charge on any atom is 0.199 e. The molecule has 0 saturated carbocycles. The van der Waals surface area contributed by atoms with Gasteiger partial charge >= 0.3 is 0 Å². The van der Waals surface area contributed by atoms with Gasteiger partial charge in [-0.1, -0.05) is 0 Å². The average molecular weight is 360 g/mol. The van der Waals surface area contributed by atoms with Crippen molar-refractivity contribution in [1.29, 1.82) is 0 Å². The second kappa shape index (κ2) is 7.18. The van der Waals surface area contributed by atoms with Gasteiger partial charge in [-0.15, -0.1) is 0 Å². The second-order valence-corrected chi connectivity index (χ2v) is 7.75. The summed E-state index contributed by atoms with van der Waals surface area (Å²) in [5.41, 5.74) is 0.669. The fraction of sp³-hybridized carbons (Fsp3) is 0.650. The van der Waals surface area contributed by atoms with Crippen molar-refractivity contribution in [3.8, 4) is 5.75 Å². The molecule has 0 spiro atoms. The van der Waals surface area contributed by atoms with Crippen LogP contribution in [-0.4, -0.2) is 34.4 Å². The van der Waals surface area contributed by atoms with Crippen molar-refractivity contribution in [1.82, 2.24) is 9.78 Å². The molecule has 142 valence electrons. The van der Waals surface area contributed by atoms with Crippen molar-refractivity contribution in [2.75, 3.05) is 13.2 Å². The molecule has 2 aliphatic rings. The van der Waals surface area contributed by atoms with Crippen molar-refractivity contribution >= 4 is 10.9 Å².